The summed E-state index contributed by atoms with van der Waals surface area (Å²) < 4.78 is 162. The fourth-order valence-corrected chi connectivity index (χ4v) is 6.90. The smallest absolute Gasteiger partial charge is 0.145 e. The van der Waals surface area contributed by atoms with Gasteiger partial charge in [0.2, 0.25) is 0 Å². The lowest BCUT2D eigenvalue weighted by molar-refractivity contribution is 1.10. The highest BCUT2D eigenvalue weighted by atomic mass is 15.1. The van der Waals surface area contributed by atoms with Crippen LogP contribution in [0, 0.1) is 0 Å². The van der Waals surface area contributed by atoms with Crippen LogP contribution in [0.3, 0.4) is 0 Å². The summed E-state index contributed by atoms with van der Waals surface area (Å²) in [5.74, 6) is 0.576. The first-order valence-electron chi connectivity index (χ1n) is 25.7. The third kappa shape index (κ3) is 5.40. The zero-order chi connectivity index (χ0) is 50.8. The molecule has 2 nitrogen and oxygen atoms in total. The van der Waals surface area contributed by atoms with Gasteiger partial charge >= 0.3 is 0 Å². The van der Waals surface area contributed by atoms with Crippen LogP contribution in [0.15, 0.2) is 206 Å². The fourth-order valence-electron chi connectivity index (χ4n) is 6.90. The number of para-hydroxylation sites is 3. The number of hydrogen-bond donors (Lipinski definition) is 0. The molecule has 248 valence electrons. The largest absolute Gasteiger partial charge is 0.292 e. The summed E-state index contributed by atoms with van der Waals surface area (Å²) in [6, 6.07) is 16.1. The van der Waals surface area contributed by atoms with Gasteiger partial charge in [0, 0.05) is 11.3 Å². The molecule has 0 radical (unpaired) electrons. The van der Waals surface area contributed by atoms with E-state index in [2.05, 4.69) is 0 Å². The summed E-state index contributed by atoms with van der Waals surface area (Å²) in [6.07, 6.45) is 0. The molecule has 0 aliphatic rings. The summed E-state index contributed by atoms with van der Waals surface area (Å²) in [4.78, 5) is 4.96. The highest BCUT2D eigenvalue weighted by molar-refractivity contribution is 6.21. The molecule has 1 heterocycles. The molecule has 2 heteroatoms. The van der Waals surface area contributed by atoms with Gasteiger partial charge in [0.1, 0.15) is 5.82 Å². The Balaban J connectivity index is 1.36. The van der Waals surface area contributed by atoms with E-state index in [1.54, 1.807) is 24.3 Å². The van der Waals surface area contributed by atoms with Crippen molar-refractivity contribution in [3.05, 3.63) is 206 Å². The van der Waals surface area contributed by atoms with Gasteiger partial charge < -0.3 is 0 Å². The number of rotatable bonds is 6. The van der Waals surface area contributed by atoms with Crippen molar-refractivity contribution in [1.82, 2.24) is 9.55 Å². The van der Waals surface area contributed by atoms with E-state index in [9.17, 15) is 5.48 Å². The van der Waals surface area contributed by atoms with Crippen molar-refractivity contribution in [2.24, 2.45) is 0 Å². The van der Waals surface area contributed by atoms with Crippen molar-refractivity contribution in [3.63, 3.8) is 0 Å². The Morgan fingerprint density at radius 1 is 0.377 bits per heavy atom. The fraction of sp³-hybridized carbons (Fsp3) is 0. The molecule has 53 heavy (non-hydrogen) atoms. The molecule has 0 bridgehead atoms. The minimum Gasteiger partial charge on any atom is -0.292 e. The Labute approximate surface area is 334 Å². The molecule has 9 aromatic carbocycles. The summed E-state index contributed by atoms with van der Waals surface area (Å²) in [7, 11) is 0. The summed E-state index contributed by atoms with van der Waals surface area (Å²) in [5.41, 5.74) is 2.12. The normalized spacial score (nSPS) is 16.2. The Hall–Kier alpha value is -7.03. The van der Waals surface area contributed by atoms with Crippen molar-refractivity contribution in [2.45, 2.75) is 0 Å². The van der Waals surface area contributed by atoms with E-state index >= 15 is 0 Å². The highest BCUT2D eigenvalue weighted by Crippen LogP contribution is 2.45. The minimum atomic E-state index is -0.706. The highest BCUT2D eigenvalue weighted by Gasteiger charge is 2.19. The van der Waals surface area contributed by atoms with Crippen LogP contribution in [0.2, 0.25) is 0 Å². The van der Waals surface area contributed by atoms with E-state index in [0.29, 0.717) is 17.0 Å². The molecule has 0 spiro atoms. The molecule has 1 aromatic heterocycles. The summed E-state index contributed by atoms with van der Waals surface area (Å²) >= 11 is 0. The molecule has 0 N–H and O–H groups in total. The number of fused-ring (bicyclic) bond motifs is 3. The van der Waals surface area contributed by atoms with Crippen molar-refractivity contribution in [3.8, 4) is 61.6 Å². The minimum absolute atomic E-state index is 0.0356. The lowest BCUT2D eigenvalue weighted by Crippen LogP contribution is -1.97. The third-order valence-corrected chi connectivity index (χ3v) is 9.18. The summed E-state index contributed by atoms with van der Waals surface area (Å²) in [6.45, 7) is 0. The molecule has 0 aliphatic heterocycles. The lowest BCUT2D eigenvalue weighted by atomic mass is 9.84. The number of imidazole rings is 1. The van der Waals surface area contributed by atoms with E-state index < -0.39 is 109 Å². The van der Waals surface area contributed by atoms with Gasteiger partial charge in [-0.15, -0.1) is 0 Å². The Morgan fingerprint density at radius 3 is 1.40 bits per heavy atom. The topological polar surface area (TPSA) is 17.8 Å². The second-order valence-electron chi connectivity index (χ2n) is 12.2. The van der Waals surface area contributed by atoms with Crippen LogP contribution in [0.1, 0.15) is 24.7 Å². The quantitative estimate of drug-likeness (QED) is 0.159. The Morgan fingerprint density at radius 2 is 0.830 bits per heavy atom. The maximum Gasteiger partial charge on any atom is 0.145 e. The molecule has 0 saturated heterocycles. The van der Waals surface area contributed by atoms with E-state index in [1.165, 1.54) is 18.2 Å². The molecule has 0 unspecified atom stereocenters. The number of aromatic nitrogens is 2. The molecule has 0 aliphatic carbocycles. The van der Waals surface area contributed by atoms with Gasteiger partial charge in [-0.25, -0.2) is 4.98 Å². The van der Waals surface area contributed by atoms with Gasteiger partial charge in [-0.2, -0.15) is 0 Å². The van der Waals surface area contributed by atoms with E-state index in [4.69, 9.17) is 24.2 Å². The van der Waals surface area contributed by atoms with Crippen LogP contribution in [-0.4, -0.2) is 9.55 Å². The number of benzene rings is 9. The predicted molar refractivity (Wildman–Crippen MR) is 223 cm³/mol. The number of hydrogen-bond acceptors (Lipinski definition) is 1. The zero-order valence-electron chi connectivity index (χ0n) is 45.6. The molecule has 0 atom stereocenters. The van der Waals surface area contributed by atoms with Crippen molar-refractivity contribution >= 4 is 32.6 Å². The molecular formula is C51H34N2. The standard InChI is InChI=1S/C51H34N2/c1-4-16-35(17-5-1)39-32-40(36-18-6-2-7-19-36)34-41(33-39)50-45-24-12-10-22-43(45)49(44-23-11-13-25-46(44)50)37-28-30-38(31-29-37)51-52-47-26-14-15-27-48(47)53(51)42-20-8-3-9-21-42/h1-34H/i1D,2D,4D,5D,6D,7D,10D,11D,12D,13D,16D,17D,18D,19D,22D,23D,24D,25D. The lowest BCUT2D eigenvalue weighted by Gasteiger charge is -2.19. The van der Waals surface area contributed by atoms with Gasteiger partial charge in [0.25, 0.3) is 0 Å². The van der Waals surface area contributed by atoms with E-state index in [-0.39, 0.29) is 60.5 Å². The zero-order valence-corrected chi connectivity index (χ0v) is 27.6. The van der Waals surface area contributed by atoms with Crippen LogP contribution < -0.4 is 0 Å². The van der Waals surface area contributed by atoms with Crippen molar-refractivity contribution < 1.29 is 24.7 Å². The first kappa shape index (κ1) is 17.5. The van der Waals surface area contributed by atoms with Crippen LogP contribution in [0.5, 0.6) is 0 Å². The van der Waals surface area contributed by atoms with Gasteiger partial charge in [0.05, 0.1) is 35.7 Å². The second kappa shape index (κ2) is 12.9. The average Bonchev–Trinajstić information content (AvgIpc) is 3.77. The maximum absolute atomic E-state index is 9.55. The van der Waals surface area contributed by atoms with Gasteiger partial charge in [0.15, 0.2) is 0 Å². The van der Waals surface area contributed by atoms with E-state index in [0.717, 1.165) is 16.7 Å². The second-order valence-corrected chi connectivity index (χ2v) is 12.2. The van der Waals surface area contributed by atoms with E-state index in [1.807, 2.05) is 59.2 Å². The number of nitrogens with zero attached hydrogens (tertiary/aromatic N) is 2. The Kier molecular flexibility index (Phi) is 4.26. The molecule has 0 fully saturated rings. The van der Waals surface area contributed by atoms with Gasteiger partial charge in [-0.3, -0.25) is 4.57 Å². The average molecular weight is 693 g/mol. The van der Waals surface area contributed by atoms with Crippen LogP contribution in [-0.2, 0) is 0 Å². The molecule has 10 aromatic rings. The van der Waals surface area contributed by atoms with Gasteiger partial charge in [-0.05, 0) is 109 Å². The molecule has 0 amide bonds. The predicted octanol–water partition coefficient (Wildman–Crippen LogP) is 13.7. The van der Waals surface area contributed by atoms with Crippen molar-refractivity contribution in [2.75, 3.05) is 0 Å². The summed E-state index contributed by atoms with van der Waals surface area (Å²) in [5, 5.41) is -0.733. The van der Waals surface area contributed by atoms with Crippen LogP contribution in [0.25, 0.3) is 94.2 Å². The monoisotopic (exact) mass is 692 g/mol. The Bertz CT molecular complexity index is 3740. The first-order chi connectivity index (χ1) is 33.8. The molecule has 0 saturated carbocycles. The molecular weight excluding hydrogens is 641 g/mol. The first-order valence-corrected chi connectivity index (χ1v) is 16.7. The van der Waals surface area contributed by atoms with Crippen LogP contribution >= 0.6 is 0 Å². The molecule has 10 rings (SSSR count). The van der Waals surface area contributed by atoms with Gasteiger partial charge in [-0.1, -0.05) is 163 Å². The van der Waals surface area contributed by atoms with Crippen molar-refractivity contribution in [1.29, 1.82) is 0 Å². The van der Waals surface area contributed by atoms with Crippen LogP contribution in [0.4, 0.5) is 0 Å². The SMILES string of the molecule is [2H]c1c([2H])c([2H])c(-c2cc(-c3c([2H])c([2H])c([2H])c([2H])c3[2H])cc(-c3c4c([2H])c([2H])c([2H])c([2H])c4c(-c4ccc(-c5nc6ccccc6n5-c5ccccc5)cc4)c4c([2H])c([2H])c([2H])c([2H])c34)c2)c([2H])c1[2H]. The third-order valence-electron chi connectivity index (χ3n) is 9.18. The maximum atomic E-state index is 9.55.